The van der Waals surface area contributed by atoms with Crippen LogP contribution in [0.15, 0.2) is 58.9 Å². The van der Waals surface area contributed by atoms with Gasteiger partial charge in [0.1, 0.15) is 0 Å². The minimum absolute atomic E-state index is 0.682. The molecule has 0 aliphatic carbocycles. The largest absolute Gasteiger partial charge is 0.356 e. The Labute approximate surface area is 143 Å². The molecule has 0 saturated carbocycles. The van der Waals surface area contributed by atoms with Gasteiger partial charge < -0.3 is 5.32 Å². The van der Waals surface area contributed by atoms with Crippen molar-refractivity contribution in [2.24, 2.45) is 0 Å². The lowest BCUT2D eigenvalue weighted by Gasteiger charge is -2.01. The number of thioether (sulfide) groups is 1. The number of nitrogens with one attached hydrogen (secondary N) is 1. The van der Waals surface area contributed by atoms with E-state index in [1.807, 2.05) is 42.5 Å². The highest BCUT2D eigenvalue weighted by Crippen LogP contribution is 2.28. The maximum Gasteiger partial charge on any atom is 0.206 e. The van der Waals surface area contributed by atoms with E-state index in [9.17, 15) is 0 Å². The van der Waals surface area contributed by atoms with Crippen molar-refractivity contribution in [3.8, 4) is 6.07 Å². The van der Waals surface area contributed by atoms with Crippen LogP contribution in [-0.2, 0) is 12.3 Å². The smallest absolute Gasteiger partial charge is 0.206 e. The summed E-state index contributed by atoms with van der Waals surface area (Å²) >= 11 is 3.21. The van der Waals surface area contributed by atoms with Crippen LogP contribution in [0.2, 0.25) is 0 Å². The summed E-state index contributed by atoms with van der Waals surface area (Å²) in [6.45, 7) is 0.746. The van der Waals surface area contributed by atoms with Gasteiger partial charge in [-0.2, -0.15) is 5.26 Å². The Balaban J connectivity index is 1.51. The molecule has 0 atom stereocenters. The van der Waals surface area contributed by atoms with Gasteiger partial charge in [-0.3, -0.25) is 0 Å². The van der Waals surface area contributed by atoms with Crippen molar-refractivity contribution in [2.75, 3.05) is 5.32 Å². The van der Waals surface area contributed by atoms with Crippen LogP contribution in [0.4, 0.5) is 5.13 Å². The van der Waals surface area contributed by atoms with Gasteiger partial charge >= 0.3 is 0 Å². The molecule has 0 fully saturated rings. The monoisotopic (exact) mass is 338 g/mol. The highest BCUT2D eigenvalue weighted by atomic mass is 32.2. The standard InChI is InChI=1S/C17H14N4S2/c18-10-13-6-8-15(9-7-13)12-22-17-21-20-16(23-17)19-11-14-4-2-1-3-5-14/h1-9H,11-12H2,(H,19,20). The van der Waals surface area contributed by atoms with Crippen molar-refractivity contribution >= 4 is 28.2 Å². The predicted molar refractivity (Wildman–Crippen MR) is 94.4 cm³/mol. The summed E-state index contributed by atoms with van der Waals surface area (Å²) in [5, 5.41) is 21.3. The number of anilines is 1. The van der Waals surface area contributed by atoms with E-state index < -0.39 is 0 Å². The summed E-state index contributed by atoms with van der Waals surface area (Å²) in [7, 11) is 0. The van der Waals surface area contributed by atoms with Gasteiger partial charge in [-0.05, 0) is 23.3 Å². The lowest BCUT2D eigenvalue weighted by Crippen LogP contribution is -1.98. The van der Waals surface area contributed by atoms with E-state index in [1.165, 1.54) is 11.1 Å². The molecule has 1 aromatic heterocycles. The third-order valence-electron chi connectivity index (χ3n) is 3.14. The van der Waals surface area contributed by atoms with Gasteiger partial charge in [0.2, 0.25) is 5.13 Å². The molecule has 1 N–H and O–H groups in total. The van der Waals surface area contributed by atoms with Crippen molar-refractivity contribution < 1.29 is 0 Å². The SMILES string of the molecule is N#Cc1ccc(CSc2nnc(NCc3ccccc3)s2)cc1. The van der Waals surface area contributed by atoms with Gasteiger partial charge in [0.05, 0.1) is 11.6 Å². The fourth-order valence-electron chi connectivity index (χ4n) is 1.93. The van der Waals surface area contributed by atoms with Crippen molar-refractivity contribution in [3.05, 3.63) is 71.3 Å². The van der Waals surface area contributed by atoms with E-state index in [-0.39, 0.29) is 0 Å². The van der Waals surface area contributed by atoms with E-state index in [0.717, 1.165) is 21.8 Å². The molecular formula is C17H14N4S2. The Hall–Kier alpha value is -2.36. The van der Waals surface area contributed by atoms with Crippen LogP contribution < -0.4 is 5.32 Å². The normalized spacial score (nSPS) is 10.2. The summed E-state index contributed by atoms with van der Waals surface area (Å²) in [4.78, 5) is 0. The summed E-state index contributed by atoms with van der Waals surface area (Å²) < 4.78 is 0.935. The second kappa shape index (κ2) is 7.77. The van der Waals surface area contributed by atoms with E-state index in [1.54, 1.807) is 23.1 Å². The molecule has 4 nitrogen and oxygen atoms in total. The third-order valence-corrected chi connectivity index (χ3v) is 5.22. The summed E-state index contributed by atoms with van der Waals surface area (Å²) in [6.07, 6.45) is 0. The van der Waals surface area contributed by atoms with Gasteiger partial charge in [0.15, 0.2) is 4.34 Å². The Morgan fingerprint density at radius 2 is 1.78 bits per heavy atom. The number of nitriles is 1. The minimum atomic E-state index is 0.682. The quantitative estimate of drug-likeness (QED) is 0.678. The second-order valence-corrected chi connectivity index (χ2v) is 7.01. The maximum absolute atomic E-state index is 8.79. The minimum Gasteiger partial charge on any atom is -0.356 e. The van der Waals surface area contributed by atoms with Crippen molar-refractivity contribution in [1.29, 1.82) is 5.26 Å². The van der Waals surface area contributed by atoms with Crippen LogP contribution in [0.1, 0.15) is 16.7 Å². The number of hydrogen-bond donors (Lipinski definition) is 1. The first-order valence-electron chi connectivity index (χ1n) is 7.06. The van der Waals surface area contributed by atoms with E-state index >= 15 is 0 Å². The van der Waals surface area contributed by atoms with Crippen LogP contribution in [0.3, 0.4) is 0 Å². The molecule has 23 heavy (non-hydrogen) atoms. The fourth-order valence-corrected chi connectivity index (χ4v) is 3.64. The zero-order chi connectivity index (χ0) is 15.9. The molecule has 2 aromatic carbocycles. The fraction of sp³-hybridized carbons (Fsp3) is 0.118. The van der Waals surface area contributed by atoms with Gasteiger partial charge in [-0.1, -0.05) is 65.6 Å². The first kappa shape index (κ1) is 15.5. The Morgan fingerprint density at radius 3 is 2.52 bits per heavy atom. The molecule has 3 aromatic rings. The van der Waals surface area contributed by atoms with Gasteiger partial charge in [-0.25, -0.2) is 0 Å². The average Bonchev–Trinajstić information content (AvgIpc) is 3.07. The van der Waals surface area contributed by atoms with Crippen molar-refractivity contribution in [2.45, 2.75) is 16.6 Å². The molecule has 0 unspecified atom stereocenters. The molecule has 0 spiro atoms. The van der Waals surface area contributed by atoms with E-state index in [0.29, 0.717) is 5.56 Å². The first-order chi connectivity index (χ1) is 11.3. The Morgan fingerprint density at radius 1 is 1.00 bits per heavy atom. The maximum atomic E-state index is 8.79. The zero-order valence-corrected chi connectivity index (χ0v) is 13.9. The number of aromatic nitrogens is 2. The van der Waals surface area contributed by atoms with Crippen molar-refractivity contribution in [1.82, 2.24) is 10.2 Å². The lowest BCUT2D eigenvalue weighted by atomic mass is 10.2. The molecule has 6 heteroatoms. The lowest BCUT2D eigenvalue weighted by molar-refractivity contribution is 0.995. The Bertz CT molecular complexity index is 791. The molecule has 0 amide bonds. The zero-order valence-electron chi connectivity index (χ0n) is 12.3. The molecule has 3 rings (SSSR count). The van der Waals surface area contributed by atoms with Crippen LogP contribution in [0, 0.1) is 11.3 Å². The Kier molecular flexibility index (Phi) is 5.25. The van der Waals surface area contributed by atoms with E-state index in [4.69, 9.17) is 5.26 Å². The van der Waals surface area contributed by atoms with Crippen molar-refractivity contribution in [3.63, 3.8) is 0 Å². The van der Waals surface area contributed by atoms with Crippen LogP contribution in [-0.4, -0.2) is 10.2 Å². The van der Waals surface area contributed by atoms with Crippen LogP contribution >= 0.6 is 23.1 Å². The second-order valence-electron chi connectivity index (χ2n) is 4.81. The molecule has 0 bridgehead atoms. The van der Waals surface area contributed by atoms with Gasteiger partial charge in [-0.15, -0.1) is 10.2 Å². The molecule has 0 radical (unpaired) electrons. The average molecular weight is 338 g/mol. The topological polar surface area (TPSA) is 61.6 Å². The van der Waals surface area contributed by atoms with Crippen LogP contribution in [0.5, 0.6) is 0 Å². The molecule has 0 aliphatic rings. The summed E-state index contributed by atoms with van der Waals surface area (Å²) in [5.74, 6) is 0.818. The number of nitrogens with zero attached hydrogens (tertiary/aromatic N) is 3. The summed E-state index contributed by atoms with van der Waals surface area (Å²) in [6, 6.07) is 20.0. The number of benzene rings is 2. The summed E-state index contributed by atoms with van der Waals surface area (Å²) in [5.41, 5.74) is 3.07. The predicted octanol–water partition coefficient (Wildman–Crippen LogP) is 4.31. The number of hydrogen-bond acceptors (Lipinski definition) is 6. The molecule has 0 saturated heterocycles. The van der Waals surface area contributed by atoms with E-state index in [2.05, 4.69) is 33.7 Å². The third kappa shape index (κ3) is 4.55. The first-order valence-corrected chi connectivity index (χ1v) is 8.87. The molecule has 1 heterocycles. The van der Waals surface area contributed by atoms with Gasteiger partial charge in [0, 0.05) is 12.3 Å². The highest BCUT2D eigenvalue weighted by molar-refractivity contribution is 8.00. The number of rotatable bonds is 6. The van der Waals surface area contributed by atoms with Gasteiger partial charge in [0.25, 0.3) is 0 Å². The highest BCUT2D eigenvalue weighted by Gasteiger charge is 2.05. The van der Waals surface area contributed by atoms with Crippen LogP contribution in [0.25, 0.3) is 0 Å². The molecule has 0 aliphatic heterocycles. The molecular weight excluding hydrogens is 324 g/mol. The molecule has 114 valence electrons.